The Morgan fingerprint density at radius 2 is 2.10 bits per heavy atom. The smallest absolute Gasteiger partial charge is 0.337 e. The average molecular weight is 324 g/mol. The number of aliphatic hydroxyl groups excluding tert-OH is 1. The normalized spacial score (nSPS) is 12.2. The fourth-order valence-electron chi connectivity index (χ4n) is 1.37. The van der Waals surface area contributed by atoms with Crippen LogP contribution < -0.4 is 10.5 Å². The molecule has 7 nitrogen and oxygen atoms in total. The number of carbonyl (C=O) groups excluding carboxylic acids is 1. The number of esters is 1. The number of halogens is 2. The van der Waals surface area contributed by atoms with Gasteiger partial charge >= 0.3 is 5.97 Å². The number of hydrogen-bond acceptors (Lipinski definition) is 6. The third-order valence-electron chi connectivity index (χ3n) is 2.47. The van der Waals surface area contributed by atoms with Crippen molar-refractivity contribution >= 4 is 21.7 Å². The number of nitrogens with one attached hydrogen (secondary N) is 1. The number of methoxy groups -OCH3 is 1. The van der Waals surface area contributed by atoms with E-state index >= 15 is 0 Å². The molecule has 21 heavy (non-hydrogen) atoms. The van der Waals surface area contributed by atoms with Gasteiger partial charge < -0.3 is 15.6 Å². The molecule has 1 rings (SSSR count). The molecule has 118 valence electrons. The second-order valence-electron chi connectivity index (χ2n) is 4.08. The van der Waals surface area contributed by atoms with Crippen LogP contribution in [-0.2, 0) is 14.8 Å². The molecule has 0 amide bonds. The number of ether oxygens (including phenoxy) is 1. The van der Waals surface area contributed by atoms with E-state index in [1.165, 1.54) is 0 Å². The summed E-state index contributed by atoms with van der Waals surface area (Å²) in [6.45, 7) is -2.77. The number of nitrogen functional groups attached to an aromatic ring is 1. The third-order valence-corrected chi connectivity index (χ3v) is 3.95. The van der Waals surface area contributed by atoms with E-state index in [0.717, 1.165) is 25.3 Å². The summed E-state index contributed by atoms with van der Waals surface area (Å²) >= 11 is 0. The zero-order valence-electron chi connectivity index (χ0n) is 11.0. The highest BCUT2D eigenvalue weighted by molar-refractivity contribution is 7.89. The Kier molecular flexibility index (Phi) is 5.20. The SMILES string of the molecule is COC(=O)c1ccc(S(=O)(=O)NCC(F)(F)CO)c(N)c1. The second kappa shape index (κ2) is 6.33. The zero-order valence-corrected chi connectivity index (χ0v) is 11.8. The van der Waals surface area contributed by atoms with E-state index in [1.807, 2.05) is 0 Å². The van der Waals surface area contributed by atoms with Crippen molar-refractivity contribution in [3.05, 3.63) is 23.8 Å². The summed E-state index contributed by atoms with van der Waals surface area (Å²) in [6, 6.07) is 3.20. The van der Waals surface area contributed by atoms with Gasteiger partial charge in [0.15, 0.2) is 0 Å². The van der Waals surface area contributed by atoms with Gasteiger partial charge in [-0.25, -0.2) is 26.7 Å². The van der Waals surface area contributed by atoms with Crippen molar-refractivity contribution in [2.75, 3.05) is 26.0 Å². The molecule has 1 aromatic carbocycles. The summed E-state index contributed by atoms with van der Waals surface area (Å²) in [5, 5.41) is 8.38. The van der Waals surface area contributed by atoms with Crippen LogP contribution in [0, 0.1) is 0 Å². The topological polar surface area (TPSA) is 119 Å². The van der Waals surface area contributed by atoms with E-state index in [2.05, 4.69) is 4.74 Å². The Bertz CT molecular complexity index is 634. The van der Waals surface area contributed by atoms with Gasteiger partial charge in [0.25, 0.3) is 5.92 Å². The molecule has 0 aromatic heterocycles. The van der Waals surface area contributed by atoms with Crippen LogP contribution in [0.15, 0.2) is 23.1 Å². The lowest BCUT2D eigenvalue weighted by molar-refractivity contribution is -0.0437. The quantitative estimate of drug-likeness (QED) is 0.499. The molecule has 0 bridgehead atoms. The van der Waals surface area contributed by atoms with Crippen molar-refractivity contribution in [2.24, 2.45) is 0 Å². The van der Waals surface area contributed by atoms with Crippen molar-refractivity contribution in [2.45, 2.75) is 10.8 Å². The molecule has 4 N–H and O–H groups in total. The van der Waals surface area contributed by atoms with Gasteiger partial charge in [-0.2, -0.15) is 0 Å². The maximum atomic E-state index is 12.8. The minimum atomic E-state index is -4.30. The third kappa shape index (κ3) is 4.34. The van der Waals surface area contributed by atoms with Crippen LogP contribution in [0.4, 0.5) is 14.5 Å². The van der Waals surface area contributed by atoms with E-state index in [-0.39, 0.29) is 11.3 Å². The first-order chi connectivity index (χ1) is 9.63. The zero-order chi connectivity index (χ0) is 16.3. The van der Waals surface area contributed by atoms with E-state index in [4.69, 9.17) is 10.8 Å². The molecule has 0 aliphatic carbocycles. The average Bonchev–Trinajstić information content (AvgIpc) is 2.44. The molecular weight excluding hydrogens is 310 g/mol. The van der Waals surface area contributed by atoms with Gasteiger partial charge in [0.05, 0.1) is 24.9 Å². The van der Waals surface area contributed by atoms with Gasteiger partial charge in [-0.3, -0.25) is 0 Å². The van der Waals surface area contributed by atoms with E-state index < -0.39 is 40.0 Å². The van der Waals surface area contributed by atoms with Crippen LogP contribution >= 0.6 is 0 Å². The first kappa shape index (κ1) is 17.3. The molecule has 10 heteroatoms. The minimum absolute atomic E-state index is 0.0228. The lowest BCUT2D eigenvalue weighted by atomic mass is 10.2. The standard InChI is InChI=1S/C11H14F2N2O5S/c1-20-10(17)7-2-3-9(8(14)4-7)21(18,19)15-5-11(12,13)6-16/h2-4,15-16H,5-6,14H2,1H3. The first-order valence-electron chi connectivity index (χ1n) is 5.59. The second-order valence-corrected chi connectivity index (χ2v) is 5.82. The van der Waals surface area contributed by atoms with E-state index in [9.17, 15) is 22.0 Å². The largest absolute Gasteiger partial charge is 0.465 e. The van der Waals surface area contributed by atoms with Crippen LogP contribution in [0.1, 0.15) is 10.4 Å². The van der Waals surface area contributed by atoms with Crippen molar-refractivity contribution in [1.82, 2.24) is 4.72 Å². The minimum Gasteiger partial charge on any atom is -0.465 e. The summed E-state index contributed by atoms with van der Waals surface area (Å²) in [6.07, 6.45) is 0. The fraction of sp³-hybridized carbons (Fsp3) is 0.364. The Balaban J connectivity index is 3.02. The predicted octanol–water partition coefficient (Wildman–Crippen LogP) is -0.0387. The maximum Gasteiger partial charge on any atom is 0.337 e. The molecule has 0 aliphatic heterocycles. The van der Waals surface area contributed by atoms with E-state index in [1.54, 1.807) is 4.72 Å². The number of rotatable bonds is 6. The predicted molar refractivity (Wildman–Crippen MR) is 69.4 cm³/mol. The van der Waals surface area contributed by atoms with Crippen LogP contribution in [0.5, 0.6) is 0 Å². The molecule has 0 spiro atoms. The number of aliphatic hydroxyl groups is 1. The van der Waals surface area contributed by atoms with Gasteiger partial charge in [0.1, 0.15) is 11.5 Å². The molecule has 0 heterocycles. The fourth-order valence-corrected chi connectivity index (χ4v) is 2.55. The van der Waals surface area contributed by atoms with Crippen molar-refractivity contribution in [3.63, 3.8) is 0 Å². The van der Waals surface area contributed by atoms with Crippen LogP contribution in [0.2, 0.25) is 0 Å². The Hall–Kier alpha value is -1.78. The van der Waals surface area contributed by atoms with Gasteiger partial charge in [0.2, 0.25) is 10.0 Å². The Morgan fingerprint density at radius 3 is 2.57 bits per heavy atom. The monoisotopic (exact) mass is 324 g/mol. The van der Waals surface area contributed by atoms with Gasteiger partial charge in [-0.15, -0.1) is 0 Å². The number of anilines is 1. The molecule has 0 aliphatic rings. The highest BCUT2D eigenvalue weighted by Gasteiger charge is 2.30. The highest BCUT2D eigenvalue weighted by Crippen LogP contribution is 2.21. The highest BCUT2D eigenvalue weighted by atomic mass is 32.2. The number of hydrogen-bond donors (Lipinski definition) is 3. The molecule has 0 unspecified atom stereocenters. The summed E-state index contributed by atoms with van der Waals surface area (Å²) in [5.41, 5.74) is 5.24. The molecular formula is C11H14F2N2O5S. The molecule has 0 fully saturated rings. The van der Waals surface area contributed by atoms with Crippen molar-refractivity contribution in [1.29, 1.82) is 0 Å². The van der Waals surface area contributed by atoms with Crippen molar-refractivity contribution in [3.8, 4) is 0 Å². The number of nitrogens with two attached hydrogens (primary N) is 1. The summed E-state index contributed by atoms with van der Waals surface area (Å²) in [4.78, 5) is 10.8. The summed E-state index contributed by atoms with van der Waals surface area (Å²) in [5.74, 6) is -4.31. The Labute approximate surface area is 119 Å². The lowest BCUT2D eigenvalue weighted by Gasteiger charge is -2.15. The van der Waals surface area contributed by atoms with Crippen LogP contribution in [0.25, 0.3) is 0 Å². The van der Waals surface area contributed by atoms with Crippen LogP contribution in [-0.4, -0.2) is 45.7 Å². The van der Waals surface area contributed by atoms with Crippen molar-refractivity contribution < 1.29 is 31.8 Å². The van der Waals surface area contributed by atoms with Gasteiger partial charge in [0, 0.05) is 0 Å². The molecule has 0 atom stereocenters. The summed E-state index contributed by atoms with van der Waals surface area (Å²) in [7, 11) is -3.16. The summed E-state index contributed by atoms with van der Waals surface area (Å²) < 4.78 is 55.5. The molecule has 0 radical (unpaired) electrons. The van der Waals surface area contributed by atoms with Crippen LogP contribution in [0.3, 0.4) is 0 Å². The van der Waals surface area contributed by atoms with Gasteiger partial charge in [-0.05, 0) is 18.2 Å². The van der Waals surface area contributed by atoms with Gasteiger partial charge in [-0.1, -0.05) is 0 Å². The number of alkyl halides is 2. The number of carbonyl (C=O) groups is 1. The maximum absolute atomic E-state index is 12.8. The first-order valence-corrected chi connectivity index (χ1v) is 7.07. The number of benzene rings is 1. The van der Waals surface area contributed by atoms with E-state index in [0.29, 0.717) is 0 Å². The molecule has 0 saturated heterocycles. The number of sulfonamides is 1. The lowest BCUT2D eigenvalue weighted by Crippen LogP contribution is -2.39. The molecule has 0 saturated carbocycles. The molecule has 1 aromatic rings. The Morgan fingerprint density at radius 1 is 1.48 bits per heavy atom.